The zero-order valence-electron chi connectivity index (χ0n) is 12.1. The monoisotopic (exact) mass is 299 g/mol. The summed E-state index contributed by atoms with van der Waals surface area (Å²) < 4.78 is 0. The highest BCUT2D eigenvalue weighted by atomic mass is 35.5. The molecule has 0 saturated carbocycles. The molecule has 1 fully saturated rings. The van der Waals surface area contributed by atoms with Crippen LogP contribution in [0.25, 0.3) is 0 Å². The molecule has 0 radical (unpaired) electrons. The van der Waals surface area contributed by atoms with Crippen LogP contribution in [0.1, 0.15) is 30.4 Å². The third-order valence-electron chi connectivity index (χ3n) is 4.08. The van der Waals surface area contributed by atoms with E-state index in [1.165, 1.54) is 5.56 Å². The number of halogens is 1. The second-order valence-electron chi connectivity index (χ2n) is 5.48. The molecule has 1 amide bonds. The minimum Gasteiger partial charge on any atom is -0.312 e. The standard InChI is InChI=1S/C18H18ClNO/c1-2-13-5-3-8-17(9-13)20-12-15(11-18(20)21)14-6-4-7-16(19)10-14/h3-10,15H,2,11-12H2,1H3/t15-/m0/s1. The summed E-state index contributed by atoms with van der Waals surface area (Å²) in [7, 11) is 0. The van der Waals surface area contributed by atoms with Gasteiger partial charge in [-0.3, -0.25) is 4.79 Å². The molecular weight excluding hydrogens is 282 g/mol. The first kappa shape index (κ1) is 14.2. The van der Waals surface area contributed by atoms with Crippen molar-refractivity contribution in [3.63, 3.8) is 0 Å². The van der Waals surface area contributed by atoms with Crippen molar-refractivity contribution in [3.8, 4) is 0 Å². The lowest BCUT2D eigenvalue weighted by Crippen LogP contribution is -2.24. The van der Waals surface area contributed by atoms with E-state index >= 15 is 0 Å². The van der Waals surface area contributed by atoms with E-state index in [1.807, 2.05) is 35.2 Å². The molecule has 21 heavy (non-hydrogen) atoms. The van der Waals surface area contributed by atoms with Gasteiger partial charge in [0.2, 0.25) is 5.91 Å². The fourth-order valence-electron chi connectivity index (χ4n) is 2.89. The molecule has 2 aromatic carbocycles. The van der Waals surface area contributed by atoms with Crippen molar-refractivity contribution < 1.29 is 4.79 Å². The van der Waals surface area contributed by atoms with Crippen molar-refractivity contribution in [2.24, 2.45) is 0 Å². The van der Waals surface area contributed by atoms with Gasteiger partial charge in [0.1, 0.15) is 0 Å². The van der Waals surface area contributed by atoms with Gasteiger partial charge in [0.25, 0.3) is 0 Å². The van der Waals surface area contributed by atoms with E-state index in [2.05, 4.69) is 25.1 Å². The van der Waals surface area contributed by atoms with Gasteiger partial charge in [-0.05, 0) is 41.8 Å². The van der Waals surface area contributed by atoms with Crippen LogP contribution in [0, 0.1) is 0 Å². The van der Waals surface area contributed by atoms with Crippen molar-refractivity contribution >= 4 is 23.2 Å². The molecule has 0 spiro atoms. The number of amides is 1. The van der Waals surface area contributed by atoms with Crippen LogP contribution >= 0.6 is 11.6 Å². The van der Waals surface area contributed by atoms with Gasteiger partial charge in [0, 0.05) is 29.6 Å². The predicted molar refractivity (Wildman–Crippen MR) is 87.0 cm³/mol. The molecule has 1 aliphatic rings. The van der Waals surface area contributed by atoms with Gasteiger partial charge in [0.05, 0.1) is 0 Å². The predicted octanol–water partition coefficient (Wildman–Crippen LogP) is 4.42. The van der Waals surface area contributed by atoms with Gasteiger partial charge in [-0.15, -0.1) is 0 Å². The van der Waals surface area contributed by atoms with E-state index in [1.54, 1.807) is 0 Å². The van der Waals surface area contributed by atoms with E-state index < -0.39 is 0 Å². The van der Waals surface area contributed by atoms with Crippen LogP contribution in [-0.2, 0) is 11.2 Å². The lowest BCUT2D eigenvalue weighted by atomic mass is 9.98. The summed E-state index contributed by atoms with van der Waals surface area (Å²) in [4.78, 5) is 14.2. The van der Waals surface area contributed by atoms with Crippen LogP contribution in [0.5, 0.6) is 0 Å². The number of anilines is 1. The minimum atomic E-state index is 0.188. The lowest BCUT2D eigenvalue weighted by molar-refractivity contribution is -0.117. The smallest absolute Gasteiger partial charge is 0.227 e. The Labute approximate surface area is 130 Å². The molecule has 2 nitrogen and oxygen atoms in total. The van der Waals surface area contributed by atoms with Crippen LogP contribution in [0.3, 0.4) is 0 Å². The summed E-state index contributed by atoms with van der Waals surface area (Å²) in [5, 5.41) is 0.728. The maximum atomic E-state index is 12.3. The zero-order valence-corrected chi connectivity index (χ0v) is 12.8. The Balaban J connectivity index is 1.84. The highest BCUT2D eigenvalue weighted by Crippen LogP contribution is 2.33. The number of aryl methyl sites for hydroxylation is 1. The van der Waals surface area contributed by atoms with Crippen LogP contribution in [-0.4, -0.2) is 12.5 Å². The van der Waals surface area contributed by atoms with Crippen molar-refractivity contribution in [1.29, 1.82) is 0 Å². The largest absolute Gasteiger partial charge is 0.312 e. The second kappa shape index (κ2) is 5.90. The molecule has 3 rings (SSSR count). The first-order chi connectivity index (χ1) is 10.2. The summed E-state index contributed by atoms with van der Waals surface area (Å²) >= 11 is 6.05. The van der Waals surface area contributed by atoms with Crippen LogP contribution < -0.4 is 4.90 Å². The Hall–Kier alpha value is -1.80. The lowest BCUT2D eigenvalue weighted by Gasteiger charge is -2.18. The molecule has 1 heterocycles. The topological polar surface area (TPSA) is 20.3 Å². The molecule has 108 valence electrons. The molecule has 2 aromatic rings. The zero-order chi connectivity index (χ0) is 14.8. The van der Waals surface area contributed by atoms with Crippen molar-refractivity contribution in [1.82, 2.24) is 0 Å². The fourth-order valence-corrected chi connectivity index (χ4v) is 3.08. The highest BCUT2D eigenvalue weighted by Gasteiger charge is 2.31. The molecular formula is C18H18ClNO. The maximum Gasteiger partial charge on any atom is 0.227 e. The SMILES string of the molecule is CCc1cccc(N2C[C@@H](c3cccc(Cl)c3)CC2=O)c1. The quantitative estimate of drug-likeness (QED) is 0.821. The Kier molecular flexibility index (Phi) is 3.98. The van der Waals surface area contributed by atoms with Gasteiger partial charge in [-0.1, -0.05) is 42.8 Å². The van der Waals surface area contributed by atoms with Crippen molar-refractivity contribution in [2.75, 3.05) is 11.4 Å². The number of nitrogens with zero attached hydrogens (tertiary/aromatic N) is 1. The van der Waals surface area contributed by atoms with E-state index in [0.717, 1.165) is 29.2 Å². The summed E-state index contributed by atoms with van der Waals surface area (Å²) in [5.41, 5.74) is 3.40. The maximum absolute atomic E-state index is 12.3. The number of carbonyl (C=O) groups is 1. The van der Waals surface area contributed by atoms with Crippen LogP contribution in [0.4, 0.5) is 5.69 Å². The number of hydrogen-bond acceptors (Lipinski definition) is 1. The first-order valence-corrected chi connectivity index (χ1v) is 7.70. The molecule has 0 N–H and O–H groups in total. The summed E-state index contributed by atoms with van der Waals surface area (Å²) in [6.45, 7) is 2.85. The molecule has 1 aliphatic heterocycles. The van der Waals surface area contributed by atoms with Gasteiger partial charge >= 0.3 is 0 Å². The molecule has 0 aromatic heterocycles. The molecule has 3 heteroatoms. The summed E-state index contributed by atoms with van der Waals surface area (Å²) in [6.07, 6.45) is 1.53. The molecule has 1 saturated heterocycles. The summed E-state index contributed by atoms with van der Waals surface area (Å²) in [6, 6.07) is 16.1. The van der Waals surface area contributed by atoms with Crippen LogP contribution in [0.2, 0.25) is 5.02 Å². The number of carbonyl (C=O) groups excluding carboxylic acids is 1. The summed E-state index contributed by atoms with van der Waals surface area (Å²) in [5.74, 6) is 0.412. The van der Waals surface area contributed by atoms with E-state index in [4.69, 9.17) is 11.6 Å². The normalized spacial score (nSPS) is 18.3. The number of rotatable bonds is 3. The Morgan fingerprint density at radius 1 is 1.19 bits per heavy atom. The van der Waals surface area contributed by atoms with Crippen molar-refractivity contribution in [2.45, 2.75) is 25.7 Å². The molecule has 0 bridgehead atoms. The second-order valence-corrected chi connectivity index (χ2v) is 5.92. The van der Waals surface area contributed by atoms with Gasteiger partial charge < -0.3 is 4.90 Å². The first-order valence-electron chi connectivity index (χ1n) is 7.32. The Morgan fingerprint density at radius 3 is 2.76 bits per heavy atom. The van der Waals surface area contributed by atoms with Gasteiger partial charge in [0.15, 0.2) is 0 Å². The average Bonchev–Trinajstić information content (AvgIpc) is 2.89. The number of benzene rings is 2. The van der Waals surface area contributed by atoms with Gasteiger partial charge in [-0.2, -0.15) is 0 Å². The Bertz CT molecular complexity index is 668. The number of hydrogen-bond donors (Lipinski definition) is 0. The van der Waals surface area contributed by atoms with E-state index in [0.29, 0.717) is 6.42 Å². The Morgan fingerprint density at radius 2 is 2.00 bits per heavy atom. The average molecular weight is 300 g/mol. The highest BCUT2D eigenvalue weighted by molar-refractivity contribution is 6.30. The third-order valence-corrected chi connectivity index (χ3v) is 4.31. The molecule has 0 unspecified atom stereocenters. The van der Waals surface area contributed by atoms with Crippen LogP contribution in [0.15, 0.2) is 48.5 Å². The third kappa shape index (κ3) is 2.96. The van der Waals surface area contributed by atoms with E-state index in [9.17, 15) is 4.79 Å². The fraction of sp³-hybridized carbons (Fsp3) is 0.278. The van der Waals surface area contributed by atoms with E-state index in [-0.39, 0.29) is 11.8 Å². The van der Waals surface area contributed by atoms with Crippen molar-refractivity contribution in [3.05, 3.63) is 64.7 Å². The van der Waals surface area contributed by atoms with Gasteiger partial charge in [-0.25, -0.2) is 0 Å². The molecule has 1 atom stereocenters. The minimum absolute atomic E-state index is 0.188. The molecule has 0 aliphatic carbocycles.